The zero-order valence-corrected chi connectivity index (χ0v) is 11.0. The Bertz CT molecular complexity index is 491. The number of hydrogen-bond donors (Lipinski definition) is 1. The first-order valence-electron chi connectivity index (χ1n) is 4.54. The van der Waals surface area contributed by atoms with E-state index in [9.17, 15) is 26.7 Å². The van der Waals surface area contributed by atoms with Crippen molar-refractivity contribution in [2.75, 3.05) is 0 Å². The standard InChI is InChI=1S/C9H5F5INO3/c10-8(11)7-6(15)3(1-5(17)18)4(2-16-7)19-9(12,13)14/h2,8H,1H2,(H,17,18). The molecule has 1 aromatic rings. The Hall–Kier alpha value is -1.20. The third kappa shape index (κ3) is 4.44. The number of halogens is 6. The first-order chi connectivity index (χ1) is 8.61. The number of aromatic nitrogens is 1. The van der Waals surface area contributed by atoms with Gasteiger partial charge in [-0.1, -0.05) is 0 Å². The molecule has 1 rings (SSSR count). The summed E-state index contributed by atoms with van der Waals surface area (Å²) in [5.41, 5.74) is -1.28. The summed E-state index contributed by atoms with van der Waals surface area (Å²) in [5.74, 6) is -2.37. The zero-order chi connectivity index (χ0) is 14.8. The number of aliphatic carboxylic acids is 1. The molecule has 0 saturated carbocycles. The second-order valence-corrected chi connectivity index (χ2v) is 4.30. The number of carboxylic acids is 1. The number of nitrogens with zero attached hydrogens (tertiary/aromatic N) is 1. The molecular formula is C9H5F5INO3. The smallest absolute Gasteiger partial charge is 0.481 e. The Kier molecular flexibility index (Phi) is 4.87. The highest BCUT2D eigenvalue weighted by molar-refractivity contribution is 14.1. The number of ether oxygens (including phenoxy) is 1. The number of carbonyl (C=O) groups is 1. The molecule has 1 aromatic heterocycles. The van der Waals surface area contributed by atoms with E-state index >= 15 is 0 Å². The summed E-state index contributed by atoms with van der Waals surface area (Å²) >= 11 is 1.31. The molecule has 0 aromatic carbocycles. The van der Waals surface area contributed by atoms with E-state index in [1.165, 1.54) is 22.6 Å². The Labute approximate surface area is 116 Å². The quantitative estimate of drug-likeness (QED) is 0.627. The summed E-state index contributed by atoms with van der Waals surface area (Å²) in [4.78, 5) is 13.7. The first kappa shape index (κ1) is 15.9. The lowest BCUT2D eigenvalue weighted by Gasteiger charge is -2.15. The van der Waals surface area contributed by atoms with Crippen LogP contribution >= 0.6 is 22.6 Å². The highest BCUT2D eigenvalue weighted by atomic mass is 127. The van der Waals surface area contributed by atoms with Gasteiger partial charge in [-0.15, -0.1) is 13.2 Å². The van der Waals surface area contributed by atoms with Crippen LogP contribution in [0.2, 0.25) is 0 Å². The Morgan fingerprint density at radius 1 is 1.47 bits per heavy atom. The molecule has 0 saturated heterocycles. The van der Waals surface area contributed by atoms with Gasteiger partial charge in [-0.05, 0) is 22.6 Å². The van der Waals surface area contributed by atoms with E-state index in [0.717, 1.165) is 0 Å². The maximum atomic E-state index is 12.5. The minimum absolute atomic E-state index is 0.364. The number of rotatable bonds is 4. The molecule has 0 aliphatic rings. The summed E-state index contributed by atoms with van der Waals surface area (Å²) in [6.45, 7) is 0. The lowest BCUT2D eigenvalue weighted by Crippen LogP contribution is -2.20. The third-order valence-electron chi connectivity index (χ3n) is 1.87. The fourth-order valence-electron chi connectivity index (χ4n) is 1.21. The summed E-state index contributed by atoms with van der Waals surface area (Å²) in [5, 5.41) is 8.60. The third-order valence-corrected chi connectivity index (χ3v) is 3.07. The van der Waals surface area contributed by atoms with E-state index in [0.29, 0.717) is 6.20 Å². The topological polar surface area (TPSA) is 59.4 Å². The highest BCUT2D eigenvalue weighted by Crippen LogP contribution is 2.33. The molecule has 0 radical (unpaired) electrons. The summed E-state index contributed by atoms with van der Waals surface area (Å²) in [7, 11) is 0. The predicted molar refractivity (Wildman–Crippen MR) is 59.9 cm³/mol. The largest absolute Gasteiger partial charge is 0.573 e. The van der Waals surface area contributed by atoms with Gasteiger partial charge in [0.25, 0.3) is 6.43 Å². The fourth-order valence-corrected chi connectivity index (χ4v) is 2.04. The Morgan fingerprint density at radius 3 is 2.47 bits per heavy atom. The maximum Gasteiger partial charge on any atom is 0.573 e. The zero-order valence-electron chi connectivity index (χ0n) is 8.84. The van der Waals surface area contributed by atoms with Gasteiger partial charge in [0, 0.05) is 9.13 Å². The minimum atomic E-state index is -5.07. The number of alkyl halides is 5. The Morgan fingerprint density at radius 2 is 2.05 bits per heavy atom. The van der Waals surface area contributed by atoms with Gasteiger partial charge in [-0.2, -0.15) is 0 Å². The van der Waals surface area contributed by atoms with E-state index < -0.39 is 42.2 Å². The highest BCUT2D eigenvalue weighted by Gasteiger charge is 2.34. The van der Waals surface area contributed by atoms with Crippen LogP contribution in [0.1, 0.15) is 17.7 Å². The van der Waals surface area contributed by atoms with Crippen molar-refractivity contribution in [3.8, 4) is 5.75 Å². The second-order valence-electron chi connectivity index (χ2n) is 3.22. The number of hydrogen-bond acceptors (Lipinski definition) is 3. The molecule has 0 unspecified atom stereocenters. The van der Waals surface area contributed by atoms with E-state index in [1.54, 1.807) is 0 Å². The average molecular weight is 397 g/mol. The van der Waals surface area contributed by atoms with Gasteiger partial charge in [0.2, 0.25) is 0 Å². The van der Waals surface area contributed by atoms with Crippen LogP contribution in [0.5, 0.6) is 5.75 Å². The van der Waals surface area contributed by atoms with Crippen molar-refractivity contribution in [1.82, 2.24) is 4.98 Å². The molecule has 1 N–H and O–H groups in total. The van der Waals surface area contributed by atoms with Gasteiger partial charge in [-0.3, -0.25) is 9.78 Å². The SMILES string of the molecule is O=C(O)Cc1c(OC(F)(F)F)cnc(C(F)F)c1I. The molecule has 19 heavy (non-hydrogen) atoms. The molecule has 1 heterocycles. The molecule has 0 aliphatic carbocycles. The van der Waals surface area contributed by atoms with Gasteiger partial charge in [0.05, 0.1) is 12.6 Å². The van der Waals surface area contributed by atoms with Gasteiger partial charge < -0.3 is 9.84 Å². The molecule has 106 valence electrons. The van der Waals surface area contributed by atoms with Crippen LogP contribution in [0.15, 0.2) is 6.20 Å². The number of carboxylic acid groups (broad SMARTS) is 1. The van der Waals surface area contributed by atoms with Gasteiger partial charge in [-0.25, -0.2) is 8.78 Å². The van der Waals surface area contributed by atoms with Crippen molar-refractivity contribution < 1.29 is 36.6 Å². The van der Waals surface area contributed by atoms with E-state index in [2.05, 4.69) is 9.72 Å². The van der Waals surface area contributed by atoms with E-state index in [4.69, 9.17) is 5.11 Å². The van der Waals surface area contributed by atoms with Crippen molar-refractivity contribution in [3.63, 3.8) is 0 Å². The van der Waals surface area contributed by atoms with Crippen molar-refractivity contribution in [2.24, 2.45) is 0 Å². The summed E-state index contributed by atoms with van der Waals surface area (Å²) in [6.07, 6.45) is -8.54. The normalized spacial score (nSPS) is 11.7. The van der Waals surface area contributed by atoms with Gasteiger partial charge >= 0.3 is 12.3 Å². The molecule has 4 nitrogen and oxygen atoms in total. The molecule has 0 amide bonds. The average Bonchev–Trinajstić information content (AvgIpc) is 2.20. The van der Waals surface area contributed by atoms with Crippen molar-refractivity contribution in [2.45, 2.75) is 19.2 Å². The van der Waals surface area contributed by atoms with Crippen LogP contribution in [-0.4, -0.2) is 22.4 Å². The molecule has 0 atom stereocenters. The van der Waals surface area contributed by atoms with Crippen LogP contribution in [0.25, 0.3) is 0 Å². The first-order valence-corrected chi connectivity index (χ1v) is 5.62. The predicted octanol–water partition coefficient (Wildman–Crippen LogP) is 3.15. The van der Waals surface area contributed by atoms with Crippen LogP contribution in [0.3, 0.4) is 0 Å². The van der Waals surface area contributed by atoms with Crippen molar-refractivity contribution in [1.29, 1.82) is 0 Å². The van der Waals surface area contributed by atoms with Crippen molar-refractivity contribution in [3.05, 3.63) is 21.0 Å². The van der Waals surface area contributed by atoms with Crippen LogP contribution in [-0.2, 0) is 11.2 Å². The van der Waals surface area contributed by atoms with Crippen molar-refractivity contribution >= 4 is 28.6 Å². The lowest BCUT2D eigenvalue weighted by molar-refractivity contribution is -0.275. The molecule has 10 heteroatoms. The molecular weight excluding hydrogens is 392 g/mol. The monoisotopic (exact) mass is 397 g/mol. The van der Waals surface area contributed by atoms with Gasteiger partial charge in [0.1, 0.15) is 5.69 Å². The van der Waals surface area contributed by atoms with E-state index in [-0.39, 0.29) is 3.57 Å². The van der Waals surface area contributed by atoms with Gasteiger partial charge in [0.15, 0.2) is 5.75 Å². The second kappa shape index (κ2) is 5.84. The Balaban J connectivity index is 3.31. The molecule has 0 aliphatic heterocycles. The molecule has 0 bridgehead atoms. The van der Waals surface area contributed by atoms with Crippen LogP contribution in [0.4, 0.5) is 22.0 Å². The van der Waals surface area contributed by atoms with E-state index in [1.807, 2.05) is 0 Å². The number of pyridine rings is 1. The summed E-state index contributed by atoms with van der Waals surface area (Å²) < 4.78 is 64.6. The van der Waals surface area contributed by atoms with Crippen LogP contribution in [0, 0.1) is 3.57 Å². The van der Waals surface area contributed by atoms with Crippen LogP contribution < -0.4 is 4.74 Å². The molecule has 0 fully saturated rings. The summed E-state index contributed by atoms with van der Waals surface area (Å²) in [6, 6.07) is 0. The lowest BCUT2D eigenvalue weighted by atomic mass is 10.1. The minimum Gasteiger partial charge on any atom is -0.481 e. The fraction of sp³-hybridized carbons (Fsp3) is 0.333. The molecule has 0 spiro atoms. The maximum absolute atomic E-state index is 12.5.